The van der Waals surface area contributed by atoms with Gasteiger partial charge >= 0.3 is 0 Å². The topological polar surface area (TPSA) is 29.1 Å². The van der Waals surface area contributed by atoms with Crippen LogP contribution in [0.4, 0.5) is 5.69 Å². The van der Waals surface area contributed by atoms with Crippen molar-refractivity contribution in [2.45, 2.75) is 26.7 Å². The molecule has 0 unspecified atom stereocenters. The summed E-state index contributed by atoms with van der Waals surface area (Å²) in [5, 5.41) is 4.39. The second-order valence-corrected chi connectivity index (χ2v) is 6.07. The Bertz CT molecular complexity index is 713. The van der Waals surface area contributed by atoms with Crippen LogP contribution in [-0.4, -0.2) is 5.91 Å². The van der Waals surface area contributed by atoms with Gasteiger partial charge in [0.15, 0.2) is 0 Å². The molecule has 5 heteroatoms. The minimum Gasteiger partial charge on any atom is -0.321 e. The Morgan fingerprint density at radius 2 is 1.64 bits per heavy atom. The maximum absolute atomic E-state index is 12.5. The molecule has 0 aliphatic heterocycles. The summed E-state index contributed by atoms with van der Waals surface area (Å²) < 4.78 is 0. The molecule has 116 valence electrons. The van der Waals surface area contributed by atoms with Crippen molar-refractivity contribution in [2.24, 2.45) is 0 Å². The van der Waals surface area contributed by atoms with Crippen molar-refractivity contribution in [1.82, 2.24) is 0 Å². The third kappa shape index (κ3) is 3.57. The first-order chi connectivity index (χ1) is 10.5. The molecule has 0 aliphatic rings. The molecule has 0 heterocycles. The number of benzene rings is 2. The van der Waals surface area contributed by atoms with Gasteiger partial charge in [-0.3, -0.25) is 4.79 Å². The highest BCUT2D eigenvalue weighted by atomic mass is 35.5. The van der Waals surface area contributed by atoms with E-state index >= 15 is 0 Å². The molecule has 0 aliphatic carbocycles. The molecule has 2 aromatic carbocycles. The first-order valence-electron chi connectivity index (χ1n) is 7.04. The molecule has 0 saturated heterocycles. The van der Waals surface area contributed by atoms with Crippen LogP contribution in [0, 0.1) is 0 Å². The van der Waals surface area contributed by atoms with Crippen LogP contribution in [0.25, 0.3) is 0 Å². The van der Waals surface area contributed by atoms with Gasteiger partial charge in [0.1, 0.15) is 0 Å². The molecule has 1 N–H and O–H groups in total. The fourth-order valence-electron chi connectivity index (χ4n) is 2.29. The molecule has 0 spiro atoms. The predicted octanol–water partition coefficient (Wildman–Crippen LogP) is 6.02. The standard InChI is InChI=1S/C17H16Cl3NO/c1-3-10-5-7-13(18)12(4-2)16(10)21-17(22)11-6-8-14(19)15(20)9-11/h5-9H,3-4H2,1-2H3,(H,21,22). The average Bonchev–Trinajstić information content (AvgIpc) is 2.50. The van der Waals surface area contributed by atoms with Crippen molar-refractivity contribution < 1.29 is 4.79 Å². The predicted molar refractivity (Wildman–Crippen MR) is 94.6 cm³/mol. The number of amides is 1. The van der Waals surface area contributed by atoms with Crippen molar-refractivity contribution in [3.05, 3.63) is 62.1 Å². The molecule has 0 atom stereocenters. The zero-order chi connectivity index (χ0) is 16.3. The Labute approximate surface area is 145 Å². The number of carbonyl (C=O) groups excluding carboxylic acids is 1. The van der Waals surface area contributed by atoms with Crippen LogP contribution in [0.2, 0.25) is 15.1 Å². The number of rotatable bonds is 4. The largest absolute Gasteiger partial charge is 0.321 e. The number of hydrogen-bond acceptors (Lipinski definition) is 1. The van der Waals surface area contributed by atoms with Gasteiger partial charge < -0.3 is 5.32 Å². The smallest absolute Gasteiger partial charge is 0.255 e. The Morgan fingerprint density at radius 3 is 2.23 bits per heavy atom. The number of carbonyl (C=O) groups is 1. The van der Waals surface area contributed by atoms with Crippen molar-refractivity contribution in [1.29, 1.82) is 0 Å². The summed E-state index contributed by atoms with van der Waals surface area (Å²) in [7, 11) is 0. The van der Waals surface area contributed by atoms with E-state index in [0.717, 1.165) is 29.7 Å². The van der Waals surface area contributed by atoms with Crippen LogP contribution in [0.3, 0.4) is 0 Å². The van der Waals surface area contributed by atoms with E-state index in [1.165, 1.54) is 0 Å². The SMILES string of the molecule is CCc1ccc(Cl)c(CC)c1NC(=O)c1ccc(Cl)c(Cl)c1. The molecule has 0 bridgehead atoms. The van der Waals surface area contributed by atoms with Gasteiger partial charge in [-0.05, 0) is 48.2 Å². The summed E-state index contributed by atoms with van der Waals surface area (Å²) in [6.45, 7) is 4.05. The first kappa shape index (κ1) is 17.1. The molecule has 0 aromatic heterocycles. The van der Waals surface area contributed by atoms with E-state index in [1.54, 1.807) is 18.2 Å². The Kier molecular flexibility index (Phi) is 5.74. The number of nitrogens with one attached hydrogen (secondary N) is 1. The lowest BCUT2D eigenvalue weighted by Gasteiger charge is -2.16. The van der Waals surface area contributed by atoms with Crippen LogP contribution < -0.4 is 5.32 Å². The molecule has 2 rings (SSSR count). The van der Waals surface area contributed by atoms with E-state index < -0.39 is 0 Å². The highest BCUT2D eigenvalue weighted by Crippen LogP contribution is 2.30. The van der Waals surface area contributed by atoms with Gasteiger partial charge in [0.05, 0.1) is 10.0 Å². The quantitative estimate of drug-likeness (QED) is 0.712. The van der Waals surface area contributed by atoms with Crippen LogP contribution in [-0.2, 0) is 12.8 Å². The van der Waals surface area contributed by atoms with E-state index in [2.05, 4.69) is 5.32 Å². The molecule has 1 amide bonds. The van der Waals surface area contributed by atoms with Gasteiger partial charge in [-0.1, -0.05) is 54.7 Å². The third-order valence-corrected chi connectivity index (χ3v) is 4.59. The highest BCUT2D eigenvalue weighted by molar-refractivity contribution is 6.42. The maximum Gasteiger partial charge on any atom is 0.255 e. The number of anilines is 1. The van der Waals surface area contributed by atoms with Crippen molar-refractivity contribution >= 4 is 46.4 Å². The molecule has 2 aromatic rings. The van der Waals surface area contributed by atoms with Crippen molar-refractivity contribution in [2.75, 3.05) is 5.32 Å². The zero-order valence-corrected chi connectivity index (χ0v) is 14.6. The monoisotopic (exact) mass is 355 g/mol. The second kappa shape index (κ2) is 7.36. The summed E-state index contributed by atoms with van der Waals surface area (Å²) in [6.07, 6.45) is 1.55. The van der Waals surface area contributed by atoms with Crippen molar-refractivity contribution in [3.8, 4) is 0 Å². The Balaban J connectivity index is 2.39. The van der Waals surface area contributed by atoms with Crippen LogP contribution in [0.5, 0.6) is 0 Å². The zero-order valence-electron chi connectivity index (χ0n) is 12.3. The van der Waals surface area contributed by atoms with Gasteiger partial charge in [-0.25, -0.2) is 0 Å². The summed E-state index contributed by atoms with van der Waals surface area (Å²) in [5.74, 6) is -0.231. The van der Waals surface area contributed by atoms with Crippen LogP contribution in [0.15, 0.2) is 30.3 Å². The fraction of sp³-hybridized carbons (Fsp3) is 0.235. The van der Waals surface area contributed by atoms with E-state index in [1.807, 2.05) is 26.0 Å². The minimum atomic E-state index is -0.231. The maximum atomic E-state index is 12.5. The lowest BCUT2D eigenvalue weighted by atomic mass is 10.0. The van der Waals surface area contributed by atoms with Gasteiger partial charge in [0.2, 0.25) is 0 Å². The molecule has 0 fully saturated rings. The van der Waals surface area contributed by atoms with Gasteiger partial charge in [-0.2, -0.15) is 0 Å². The molecule has 22 heavy (non-hydrogen) atoms. The molecular formula is C17H16Cl3NO. The lowest BCUT2D eigenvalue weighted by Crippen LogP contribution is -2.15. The second-order valence-electron chi connectivity index (χ2n) is 4.85. The first-order valence-corrected chi connectivity index (χ1v) is 8.18. The molecular weight excluding hydrogens is 341 g/mol. The molecule has 0 saturated carbocycles. The number of hydrogen-bond donors (Lipinski definition) is 1. The van der Waals surface area contributed by atoms with Gasteiger partial charge in [0.25, 0.3) is 5.91 Å². The molecule has 2 nitrogen and oxygen atoms in total. The third-order valence-electron chi connectivity index (χ3n) is 3.50. The summed E-state index contributed by atoms with van der Waals surface area (Å²) >= 11 is 18.1. The normalized spacial score (nSPS) is 10.6. The van der Waals surface area contributed by atoms with E-state index in [9.17, 15) is 4.79 Å². The summed E-state index contributed by atoms with van der Waals surface area (Å²) in [5.41, 5.74) is 3.23. The van der Waals surface area contributed by atoms with E-state index in [0.29, 0.717) is 20.6 Å². The van der Waals surface area contributed by atoms with E-state index in [-0.39, 0.29) is 5.91 Å². The Hall–Kier alpha value is -1.22. The minimum absolute atomic E-state index is 0.231. The summed E-state index contributed by atoms with van der Waals surface area (Å²) in [4.78, 5) is 12.5. The number of halogens is 3. The van der Waals surface area contributed by atoms with Gasteiger partial charge in [-0.15, -0.1) is 0 Å². The molecule has 0 radical (unpaired) electrons. The highest BCUT2D eigenvalue weighted by Gasteiger charge is 2.15. The summed E-state index contributed by atoms with van der Waals surface area (Å²) in [6, 6.07) is 8.62. The fourth-order valence-corrected chi connectivity index (χ4v) is 2.88. The van der Waals surface area contributed by atoms with Gasteiger partial charge in [0, 0.05) is 16.3 Å². The number of aryl methyl sites for hydroxylation is 1. The lowest BCUT2D eigenvalue weighted by molar-refractivity contribution is 0.102. The van der Waals surface area contributed by atoms with Crippen LogP contribution >= 0.6 is 34.8 Å². The van der Waals surface area contributed by atoms with Crippen molar-refractivity contribution in [3.63, 3.8) is 0 Å². The van der Waals surface area contributed by atoms with E-state index in [4.69, 9.17) is 34.8 Å². The van der Waals surface area contributed by atoms with Crippen LogP contribution in [0.1, 0.15) is 35.3 Å². The Morgan fingerprint density at radius 1 is 0.955 bits per heavy atom. The average molecular weight is 357 g/mol.